The van der Waals surface area contributed by atoms with Crippen molar-refractivity contribution in [1.82, 2.24) is 10.2 Å². The molecule has 0 bridgehead atoms. The lowest BCUT2D eigenvalue weighted by Crippen LogP contribution is -2.44. The molecule has 0 aliphatic carbocycles. The first-order valence-electron chi connectivity index (χ1n) is 6.76. The normalized spacial score (nSPS) is 18.2. The summed E-state index contributed by atoms with van der Waals surface area (Å²) in [6, 6.07) is 8.42. The SMILES string of the molecule is Cc1cccc(CN(C)C(=O)CC2COCCN2)c1.Cl. The Morgan fingerprint density at radius 3 is 2.95 bits per heavy atom. The molecule has 112 valence electrons. The summed E-state index contributed by atoms with van der Waals surface area (Å²) in [5.74, 6) is 0.157. The van der Waals surface area contributed by atoms with Crippen molar-refractivity contribution in [3.05, 3.63) is 35.4 Å². The number of hydrogen-bond donors (Lipinski definition) is 1. The van der Waals surface area contributed by atoms with Gasteiger partial charge in [0.15, 0.2) is 0 Å². The number of carbonyl (C=O) groups excluding carboxylic acids is 1. The van der Waals surface area contributed by atoms with Gasteiger partial charge in [-0.1, -0.05) is 29.8 Å². The fraction of sp³-hybridized carbons (Fsp3) is 0.533. The second-order valence-corrected chi connectivity index (χ2v) is 5.17. The van der Waals surface area contributed by atoms with Crippen molar-refractivity contribution in [3.63, 3.8) is 0 Å². The van der Waals surface area contributed by atoms with E-state index in [1.54, 1.807) is 4.90 Å². The van der Waals surface area contributed by atoms with Crippen molar-refractivity contribution in [2.45, 2.75) is 25.9 Å². The fourth-order valence-corrected chi connectivity index (χ4v) is 2.29. The molecule has 1 amide bonds. The first-order valence-corrected chi connectivity index (χ1v) is 6.76. The Labute approximate surface area is 126 Å². The van der Waals surface area contributed by atoms with E-state index in [1.165, 1.54) is 11.1 Å². The Bertz CT molecular complexity index is 434. The highest BCUT2D eigenvalue weighted by atomic mass is 35.5. The number of morpholine rings is 1. The molecular weight excluding hydrogens is 276 g/mol. The molecule has 5 heteroatoms. The fourth-order valence-electron chi connectivity index (χ4n) is 2.29. The van der Waals surface area contributed by atoms with Crippen molar-refractivity contribution in [3.8, 4) is 0 Å². The van der Waals surface area contributed by atoms with E-state index in [0.29, 0.717) is 19.6 Å². The first kappa shape index (κ1) is 17.0. The van der Waals surface area contributed by atoms with Crippen LogP contribution in [-0.4, -0.2) is 43.7 Å². The van der Waals surface area contributed by atoms with Crippen molar-refractivity contribution < 1.29 is 9.53 Å². The van der Waals surface area contributed by atoms with E-state index in [9.17, 15) is 4.79 Å². The van der Waals surface area contributed by atoms with Gasteiger partial charge >= 0.3 is 0 Å². The minimum absolute atomic E-state index is 0. The number of benzene rings is 1. The number of hydrogen-bond acceptors (Lipinski definition) is 3. The summed E-state index contributed by atoms with van der Waals surface area (Å²) in [4.78, 5) is 13.9. The third-order valence-electron chi connectivity index (χ3n) is 3.35. The molecule has 4 nitrogen and oxygen atoms in total. The zero-order chi connectivity index (χ0) is 13.7. The summed E-state index contributed by atoms with van der Waals surface area (Å²) in [7, 11) is 1.86. The predicted octanol–water partition coefficient (Wildman–Crippen LogP) is 1.75. The summed E-state index contributed by atoms with van der Waals surface area (Å²) in [5, 5.41) is 3.31. The summed E-state index contributed by atoms with van der Waals surface area (Å²) in [6.45, 7) is 4.93. The van der Waals surface area contributed by atoms with Crippen molar-refractivity contribution in [2.24, 2.45) is 0 Å². The quantitative estimate of drug-likeness (QED) is 0.921. The Kier molecular flexibility index (Phi) is 6.99. The van der Waals surface area contributed by atoms with Gasteiger partial charge in [-0.3, -0.25) is 4.79 Å². The molecular formula is C15H23ClN2O2. The molecule has 20 heavy (non-hydrogen) atoms. The molecule has 0 radical (unpaired) electrons. The monoisotopic (exact) mass is 298 g/mol. The van der Waals surface area contributed by atoms with Crippen LogP contribution in [0.4, 0.5) is 0 Å². The average Bonchev–Trinajstić information content (AvgIpc) is 2.40. The average molecular weight is 299 g/mol. The van der Waals surface area contributed by atoms with Crippen LogP contribution in [0.2, 0.25) is 0 Å². The maximum absolute atomic E-state index is 12.1. The molecule has 1 fully saturated rings. The van der Waals surface area contributed by atoms with Gasteiger partial charge in [-0.05, 0) is 12.5 Å². The standard InChI is InChI=1S/C15H22N2O2.ClH/c1-12-4-3-5-13(8-12)10-17(2)15(18)9-14-11-19-7-6-16-14;/h3-5,8,14,16H,6-7,9-11H2,1-2H3;1H. The third kappa shape index (κ3) is 5.12. The van der Waals surface area contributed by atoms with Crippen LogP contribution in [0.15, 0.2) is 24.3 Å². The molecule has 1 aromatic rings. The van der Waals surface area contributed by atoms with Crippen LogP contribution >= 0.6 is 12.4 Å². The number of amides is 1. The zero-order valence-corrected chi connectivity index (χ0v) is 12.9. The second-order valence-electron chi connectivity index (χ2n) is 5.17. The van der Waals surface area contributed by atoms with Crippen LogP contribution in [0.3, 0.4) is 0 Å². The minimum Gasteiger partial charge on any atom is -0.378 e. The Morgan fingerprint density at radius 1 is 1.50 bits per heavy atom. The van der Waals surface area contributed by atoms with E-state index in [-0.39, 0.29) is 24.4 Å². The van der Waals surface area contributed by atoms with Crippen LogP contribution in [0, 0.1) is 6.92 Å². The van der Waals surface area contributed by atoms with E-state index in [1.807, 2.05) is 13.1 Å². The molecule has 1 unspecified atom stereocenters. The lowest BCUT2D eigenvalue weighted by molar-refractivity contribution is -0.131. The lowest BCUT2D eigenvalue weighted by Gasteiger charge is -2.25. The molecule has 1 saturated heterocycles. The van der Waals surface area contributed by atoms with Crippen LogP contribution in [0.25, 0.3) is 0 Å². The van der Waals surface area contributed by atoms with Gasteiger partial charge < -0.3 is 15.0 Å². The number of carbonyl (C=O) groups is 1. The zero-order valence-electron chi connectivity index (χ0n) is 12.1. The highest BCUT2D eigenvalue weighted by molar-refractivity contribution is 5.85. The van der Waals surface area contributed by atoms with E-state index >= 15 is 0 Å². The highest BCUT2D eigenvalue weighted by Crippen LogP contribution is 2.09. The van der Waals surface area contributed by atoms with Gasteiger partial charge in [-0.2, -0.15) is 0 Å². The number of halogens is 1. The molecule has 1 aliphatic rings. The molecule has 1 aromatic carbocycles. The Hall–Kier alpha value is -1.10. The van der Waals surface area contributed by atoms with Crippen molar-refractivity contribution >= 4 is 18.3 Å². The largest absolute Gasteiger partial charge is 0.378 e. The van der Waals surface area contributed by atoms with E-state index in [2.05, 4.69) is 30.4 Å². The maximum Gasteiger partial charge on any atom is 0.224 e. The van der Waals surface area contributed by atoms with E-state index < -0.39 is 0 Å². The number of nitrogens with one attached hydrogen (secondary N) is 1. The van der Waals surface area contributed by atoms with Crippen molar-refractivity contribution in [2.75, 3.05) is 26.8 Å². The molecule has 1 N–H and O–H groups in total. The molecule has 1 heterocycles. The van der Waals surface area contributed by atoms with Gasteiger partial charge in [-0.15, -0.1) is 12.4 Å². The van der Waals surface area contributed by atoms with Gasteiger partial charge in [0.1, 0.15) is 0 Å². The van der Waals surface area contributed by atoms with Gasteiger partial charge in [0.05, 0.1) is 13.2 Å². The molecule has 1 aliphatic heterocycles. The molecule has 0 aromatic heterocycles. The van der Waals surface area contributed by atoms with Gasteiger partial charge in [-0.25, -0.2) is 0 Å². The van der Waals surface area contributed by atoms with Crippen LogP contribution in [0.5, 0.6) is 0 Å². The molecule has 2 rings (SSSR count). The molecule has 0 spiro atoms. The lowest BCUT2D eigenvalue weighted by atomic mass is 10.1. The number of ether oxygens (including phenoxy) is 1. The smallest absolute Gasteiger partial charge is 0.224 e. The van der Waals surface area contributed by atoms with Gasteiger partial charge in [0.25, 0.3) is 0 Å². The summed E-state index contributed by atoms with van der Waals surface area (Å²) >= 11 is 0. The topological polar surface area (TPSA) is 41.6 Å². The third-order valence-corrected chi connectivity index (χ3v) is 3.35. The summed E-state index contributed by atoms with van der Waals surface area (Å²) < 4.78 is 5.36. The molecule has 1 atom stereocenters. The highest BCUT2D eigenvalue weighted by Gasteiger charge is 2.19. The Morgan fingerprint density at radius 2 is 2.30 bits per heavy atom. The number of rotatable bonds is 4. The van der Waals surface area contributed by atoms with Crippen LogP contribution in [0.1, 0.15) is 17.5 Å². The Balaban J connectivity index is 0.00000200. The van der Waals surface area contributed by atoms with E-state index in [0.717, 1.165) is 13.2 Å². The van der Waals surface area contributed by atoms with Gasteiger partial charge in [0, 0.05) is 32.6 Å². The second kappa shape index (κ2) is 8.25. The van der Waals surface area contributed by atoms with Crippen LogP contribution in [-0.2, 0) is 16.1 Å². The predicted molar refractivity (Wildman–Crippen MR) is 82.1 cm³/mol. The summed E-state index contributed by atoms with van der Waals surface area (Å²) in [6.07, 6.45) is 0.502. The van der Waals surface area contributed by atoms with E-state index in [4.69, 9.17) is 4.74 Å². The number of aryl methyl sites for hydroxylation is 1. The minimum atomic E-state index is 0. The van der Waals surface area contributed by atoms with Crippen LogP contribution < -0.4 is 5.32 Å². The summed E-state index contributed by atoms with van der Waals surface area (Å²) in [5.41, 5.74) is 2.39. The first-order chi connectivity index (χ1) is 9.15. The van der Waals surface area contributed by atoms with Crippen molar-refractivity contribution in [1.29, 1.82) is 0 Å². The van der Waals surface area contributed by atoms with Gasteiger partial charge in [0.2, 0.25) is 5.91 Å². The maximum atomic E-state index is 12.1. The molecule has 0 saturated carbocycles. The number of nitrogens with zero attached hydrogens (tertiary/aromatic N) is 1.